The fraction of sp³-hybridized carbons (Fsp3) is 1.00. The Balaban J connectivity index is 2.12. The summed E-state index contributed by atoms with van der Waals surface area (Å²) in [6, 6.07) is 0.497. The second-order valence-electron chi connectivity index (χ2n) is 4.80. The van der Waals surface area contributed by atoms with E-state index in [1.165, 1.54) is 44.9 Å². The van der Waals surface area contributed by atoms with Crippen molar-refractivity contribution >= 4 is 0 Å². The lowest BCUT2D eigenvalue weighted by Gasteiger charge is -2.20. The average Bonchev–Trinajstić information content (AvgIpc) is 2.66. The first-order valence-corrected chi connectivity index (χ1v) is 5.99. The number of nitrogens with two attached hydrogens (primary N) is 1. The van der Waals surface area contributed by atoms with Crippen molar-refractivity contribution in [2.24, 2.45) is 17.6 Å². The molecule has 2 atom stereocenters. The molecule has 0 aliphatic heterocycles. The van der Waals surface area contributed by atoms with Crippen molar-refractivity contribution in [1.82, 2.24) is 0 Å². The molecule has 78 valence electrons. The van der Waals surface area contributed by atoms with E-state index in [0.29, 0.717) is 6.04 Å². The van der Waals surface area contributed by atoms with Gasteiger partial charge in [0.25, 0.3) is 0 Å². The van der Waals surface area contributed by atoms with Crippen molar-refractivity contribution in [3.05, 3.63) is 0 Å². The zero-order valence-electron chi connectivity index (χ0n) is 9.26. The summed E-state index contributed by atoms with van der Waals surface area (Å²) >= 11 is 0. The topological polar surface area (TPSA) is 26.0 Å². The monoisotopic (exact) mass is 183 g/mol. The molecule has 0 spiro atoms. The van der Waals surface area contributed by atoms with Gasteiger partial charge in [-0.3, -0.25) is 0 Å². The largest absolute Gasteiger partial charge is 0.327 e. The maximum Gasteiger partial charge on any atom is 0.00672 e. The van der Waals surface area contributed by atoms with E-state index in [4.69, 9.17) is 5.73 Å². The molecule has 1 aliphatic carbocycles. The van der Waals surface area contributed by atoms with Crippen molar-refractivity contribution in [2.75, 3.05) is 0 Å². The summed E-state index contributed by atoms with van der Waals surface area (Å²) in [5, 5.41) is 0. The van der Waals surface area contributed by atoms with Crippen LogP contribution in [0.15, 0.2) is 0 Å². The molecular formula is C12H25N. The number of hydrogen-bond acceptors (Lipinski definition) is 1. The van der Waals surface area contributed by atoms with Gasteiger partial charge in [-0.05, 0) is 37.5 Å². The smallest absolute Gasteiger partial charge is 0.00672 e. The molecule has 0 heterocycles. The molecule has 1 saturated carbocycles. The minimum absolute atomic E-state index is 0.497. The van der Waals surface area contributed by atoms with E-state index in [0.717, 1.165) is 11.8 Å². The number of hydrogen-bond donors (Lipinski definition) is 1. The highest BCUT2D eigenvalue weighted by Gasteiger charge is 2.21. The van der Waals surface area contributed by atoms with Crippen LogP contribution >= 0.6 is 0 Å². The van der Waals surface area contributed by atoms with Crippen LogP contribution in [0.2, 0.25) is 0 Å². The van der Waals surface area contributed by atoms with E-state index in [-0.39, 0.29) is 0 Å². The van der Waals surface area contributed by atoms with Gasteiger partial charge < -0.3 is 5.73 Å². The minimum Gasteiger partial charge on any atom is -0.327 e. The van der Waals surface area contributed by atoms with Crippen LogP contribution in [0.1, 0.15) is 58.8 Å². The first-order valence-electron chi connectivity index (χ1n) is 5.99. The quantitative estimate of drug-likeness (QED) is 0.695. The molecule has 2 N–H and O–H groups in total. The highest BCUT2D eigenvalue weighted by Crippen LogP contribution is 2.29. The van der Waals surface area contributed by atoms with E-state index in [1.54, 1.807) is 0 Å². The lowest BCUT2D eigenvalue weighted by molar-refractivity contribution is 0.369. The van der Waals surface area contributed by atoms with Gasteiger partial charge in [-0.1, -0.05) is 33.1 Å². The molecule has 0 saturated heterocycles. The molecule has 1 fully saturated rings. The van der Waals surface area contributed by atoms with Crippen LogP contribution in [0.25, 0.3) is 0 Å². The van der Waals surface area contributed by atoms with Gasteiger partial charge in [-0.25, -0.2) is 0 Å². The maximum absolute atomic E-state index is 6.18. The summed E-state index contributed by atoms with van der Waals surface area (Å²) in [6.45, 7) is 4.60. The van der Waals surface area contributed by atoms with Gasteiger partial charge in [0.2, 0.25) is 0 Å². The third kappa shape index (κ3) is 3.68. The predicted molar refractivity (Wildman–Crippen MR) is 58.6 cm³/mol. The van der Waals surface area contributed by atoms with Gasteiger partial charge in [-0.2, -0.15) is 0 Å². The molecule has 0 radical (unpaired) electrons. The molecule has 1 aliphatic rings. The fourth-order valence-corrected chi connectivity index (χ4v) is 2.30. The zero-order chi connectivity index (χ0) is 9.68. The molecule has 0 aromatic rings. The molecule has 0 bridgehead atoms. The van der Waals surface area contributed by atoms with E-state index in [1.807, 2.05) is 0 Å². The van der Waals surface area contributed by atoms with E-state index in [9.17, 15) is 0 Å². The van der Waals surface area contributed by atoms with Crippen molar-refractivity contribution in [3.63, 3.8) is 0 Å². The zero-order valence-corrected chi connectivity index (χ0v) is 9.26. The van der Waals surface area contributed by atoms with Crippen LogP contribution in [0.3, 0.4) is 0 Å². The molecule has 1 heteroatoms. The molecule has 1 rings (SSSR count). The molecule has 2 unspecified atom stereocenters. The first kappa shape index (κ1) is 11.0. The normalized spacial score (nSPS) is 23.3. The summed E-state index contributed by atoms with van der Waals surface area (Å²) in [7, 11) is 0. The van der Waals surface area contributed by atoms with Crippen molar-refractivity contribution < 1.29 is 0 Å². The predicted octanol–water partition coefficient (Wildman–Crippen LogP) is 3.33. The Morgan fingerprint density at radius 3 is 2.38 bits per heavy atom. The van der Waals surface area contributed by atoms with Gasteiger partial charge in [-0.15, -0.1) is 0 Å². The Morgan fingerprint density at radius 2 is 1.85 bits per heavy atom. The van der Waals surface area contributed by atoms with Crippen LogP contribution in [-0.4, -0.2) is 6.04 Å². The van der Waals surface area contributed by atoms with Gasteiger partial charge >= 0.3 is 0 Å². The molecule has 13 heavy (non-hydrogen) atoms. The molecule has 0 amide bonds. The summed E-state index contributed by atoms with van der Waals surface area (Å²) in [6.07, 6.45) is 9.50. The molecule has 0 aromatic carbocycles. The second kappa shape index (κ2) is 5.64. The van der Waals surface area contributed by atoms with Gasteiger partial charge in [0.15, 0.2) is 0 Å². The van der Waals surface area contributed by atoms with Crippen LogP contribution in [0.5, 0.6) is 0 Å². The summed E-state index contributed by atoms with van der Waals surface area (Å²) in [5.41, 5.74) is 6.18. The maximum atomic E-state index is 6.18. The average molecular weight is 183 g/mol. The standard InChI is InChI=1S/C12H25N/c1-3-10(2)8-9-12(13)11-6-4-5-7-11/h10-12H,3-9,13H2,1-2H3. The SMILES string of the molecule is CCC(C)CCC(N)C1CCCC1. The Labute approximate surface area is 83.1 Å². The number of rotatable bonds is 5. The lowest BCUT2D eigenvalue weighted by Crippen LogP contribution is -2.28. The van der Waals surface area contributed by atoms with Crippen LogP contribution in [-0.2, 0) is 0 Å². The Kier molecular flexibility index (Phi) is 4.79. The van der Waals surface area contributed by atoms with Crippen LogP contribution in [0.4, 0.5) is 0 Å². The first-order chi connectivity index (χ1) is 6.24. The lowest BCUT2D eigenvalue weighted by atomic mass is 9.91. The molecule has 1 nitrogen and oxygen atoms in total. The Morgan fingerprint density at radius 1 is 1.23 bits per heavy atom. The van der Waals surface area contributed by atoms with Crippen molar-refractivity contribution in [1.29, 1.82) is 0 Å². The third-order valence-electron chi connectivity index (χ3n) is 3.70. The van der Waals surface area contributed by atoms with Gasteiger partial charge in [0.1, 0.15) is 0 Å². The molecule has 0 aromatic heterocycles. The minimum atomic E-state index is 0.497. The highest BCUT2D eigenvalue weighted by atomic mass is 14.6. The van der Waals surface area contributed by atoms with E-state index in [2.05, 4.69) is 13.8 Å². The fourth-order valence-electron chi connectivity index (χ4n) is 2.30. The summed E-state index contributed by atoms with van der Waals surface area (Å²) in [4.78, 5) is 0. The van der Waals surface area contributed by atoms with Gasteiger partial charge in [0.05, 0.1) is 0 Å². The van der Waals surface area contributed by atoms with Crippen molar-refractivity contribution in [2.45, 2.75) is 64.8 Å². The summed E-state index contributed by atoms with van der Waals surface area (Å²) in [5.74, 6) is 1.72. The second-order valence-corrected chi connectivity index (χ2v) is 4.80. The Bertz CT molecular complexity index is 127. The summed E-state index contributed by atoms with van der Waals surface area (Å²) < 4.78 is 0. The van der Waals surface area contributed by atoms with Crippen molar-refractivity contribution in [3.8, 4) is 0 Å². The third-order valence-corrected chi connectivity index (χ3v) is 3.70. The Hall–Kier alpha value is -0.0400. The van der Waals surface area contributed by atoms with E-state index < -0.39 is 0 Å². The van der Waals surface area contributed by atoms with Crippen LogP contribution < -0.4 is 5.73 Å². The van der Waals surface area contributed by atoms with E-state index >= 15 is 0 Å². The van der Waals surface area contributed by atoms with Gasteiger partial charge in [0, 0.05) is 6.04 Å². The highest BCUT2D eigenvalue weighted by molar-refractivity contribution is 4.78. The molecular weight excluding hydrogens is 158 g/mol. The van der Waals surface area contributed by atoms with Crippen LogP contribution in [0, 0.1) is 11.8 Å².